The second-order valence-corrected chi connectivity index (χ2v) is 5.06. The Bertz CT molecular complexity index is 394. The van der Waals surface area contributed by atoms with Crippen molar-refractivity contribution in [3.8, 4) is 0 Å². The van der Waals surface area contributed by atoms with E-state index in [1.807, 2.05) is 23.9 Å². The maximum Gasteiger partial charge on any atom is 0.211 e. The largest absolute Gasteiger partial charge is 0.369 e. The fraction of sp³-hybridized carbons (Fsp3) is 0.385. The molecule has 1 aromatic carbocycles. The van der Waals surface area contributed by atoms with Gasteiger partial charge in [0.2, 0.25) is 5.96 Å². The predicted octanol–water partition coefficient (Wildman–Crippen LogP) is 2.58. The molecule has 18 heavy (non-hydrogen) atoms. The van der Waals surface area contributed by atoms with E-state index >= 15 is 0 Å². The molecule has 1 rings (SSSR count). The van der Waals surface area contributed by atoms with Gasteiger partial charge in [0, 0.05) is 4.90 Å². The molecular weight excluding hydrogens is 244 g/mol. The van der Waals surface area contributed by atoms with Gasteiger partial charge in [-0.3, -0.25) is 0 Å². The third-order valence-electron chi connectivity index (χ3n) is 2.28. The smallest absolute Gasteiger partial charge is 0.211 e. The first kappa shape index (κ1) is 14.6. The van der Waals surface area contributed by atoms with Crippen molar-refractivity contribution in [2.45, 2.75) is 31.1 Å². The summed E-state index contributed by atoms with van der Waals surface area (Å²) in [4.78, 5) is 1.28. The van der Waals surface area contributed by atoms with E-state index in [2.05, 4.69) is 29.3 Å². The number of hydrogen-bond acceptors (Lipinski definition) is 3. The van der Waals surface area contributed by atoms with Crippen molar-refractivity contribution in [1.29, 1.82) is 0 Å². The molecule has 0 fully saturated rings. The molecule has 0 saturated heterocycles. The van der Waals surface area contributed by atoms with Crippen LogP contribution in [0.5, 0.6) is 0 Å². The molecule has 4 nitrogen and oxygen atoms in total. The van der Waals surface area contributed by atoms with Crippen molar-refractivity contribution in [2.75, 3.05) is 5.75 Å². The number of benzene rings is 1. The van der Waals surface area contributed by atoms with E-state index in [4.69, 9.17) is 11.5 Å². The summed E-state index contributed by atoms with van der Waals surface area (Å²) < 4.78 is 0. The Morgan fingerprint density at radius 2 is 1.94 bits per heavy atom. The van der Waals surface area contributed by atoms with Gasteiger partial charge in [-0.25, -0.2) is 0 Å². The number of hydrogen-bond donors (Lipinski definition) is 2. The van der Waals surface area contributed by atoms with E-state index in [-0.39, 0.29) is 5.96 Å². The normalized spacial score (nSPS) is 10.7. The molecule has 4 N–H and O–H groups in total. The number of guanidine groups is 1. The summed E-state index contributed by atoms with van der Waals surface area (Å²) in [5.41, 5.74) is 11.3. The van der Waals surface area contributed by atoms with Crippen molar-refractivity contribution >= 4 is 23.9 Å². The minimum Gasteiger partial charge on any atom is -0.369 e. The lowest BCUT2D eigenvalue weighted by Gasteiger charge is -2.01. The van der Waals surface area contributed by atoms with E-state index < -0.39 is 0 Å². The molecule has 5 heteroatoms. The van der Waals surface area contributed by atoms with Gasteiger partial charge in [0.15, 0.2) is 0 Å². The Labute approximate surface area is 113 Å². The van der Waals surface area contributed by atoms with Crippen LogP contribution in [0.3, 0.4) is 0 Å². The molecule has 0 atom stereocenters. The Balaban J connectivity index is 2.42. The molecule has 0 bridgehead atoms. The van der Waals surface area contributed by atoms with Crippen molar-refractivity contribution in [2.24, 2.45) is 21.7 Å². The summed E-state index contributed by atoms with van der Waals surface area (Å²) in [6.07, 6.45) is 5.47. The fourth-order valence-electron chi connectivity index (χ4n) is 1.35. The maximum atomic E-state index is 5.17. The van der Waals surface area contributed by atoms with Gasteiger partial charge < -0.3 is 11.5 Å². The third kappa shape index (κ3) is 6.30. The van der Waals surface area contributed by atoms with Gasteiger partial charge >= 0.3 is 0 Å². The summed E-state index contributed by atoms with van der Waals surface area (Å²) in [5.74, 6) is 1.14. The highest BCUT2D eigenvalue weighted by Crippen LogP contribution is 2.19. The van der Waals surface area contributed by atoms with Crippen molar-refractivity contribution in [3.63, 3.8) is 0 Å². The molecule has 0 spiro atoms. The Kier molecular flexibility index (Phi) is 6.94. The van der Waals surface area contributed by atoms with E-state index in [1.54, 1.807) is 6.21 Å². The van der Waals surface area contributed by atoms with Crippen LogP contribution in [0.4, 0.5) is 0 Å². The van der Waals surface area contributed by atoms with Crippen LogP contribution >= 0.6 is 11.8 Å². The Hall–Kier alpha value is -1.49. The first-order chi connectivity index (χ1) is 8.72. The Morgan fingerprint density at radius 3 is 2.56 bits per heavy atom. The van der Waals surface area contributed by atoms with Crippen LogP contribution in [-0.2, 0) is 0 Å². The van der Waals surface area contributed by atoms with Gasteiger partial charge in [-0.1, -0.05) is 31.9 Å². The monoisotopic (exact) mass is 264 g/mol. The van der Waals surface area contributed by atoms with Crippen LogP contribution < -0.4 is 11.5 Å². The molecule has 98 valence electrons. The van der Waals surface area contributed by atoms with Crippen LogP contribution in [0.25, 0.3) is 0 Å². The second kappa shape index (κ2) is 8.58. The maximum absolute atomic E-state index is 5.17. The zero-order chi connectivity index (χ0) is 13.2. The molecule has 0 aliphatic rings. The zero-order valence-corrected chi connectivity index (χ0v) is 11.5. The molecule has 0 unspecified atom stereocenters. The average molecular weight is 264 g/mol. The van der Waals surface area contributed by atoms with Crippen LogP contribution in [0.2, 0.25) is 0 Å². The highest BCUT2D eigenvalue weighted by molar-refractivity contribution is 7.99. The van der Waals surface area contributed by atoms with Crippen molar-refractivity contribution < 1.29 is 0 Å². The molecule has 0 radical (unpaired) electrons. The van der Waals surface area contributed by atoms with Crippen LogP contribution in [0.1, 0.15) is 31.7 Å². The summed E-state index contributed by atoms with van der Waals surface area (Å²) >= 11 is 1.89. The SMILES string of the molecule is CCCCCSc1ccc(C=NN=C(N)N)cc1. The summed E-state index contributed by atoms with van der Waals surface area (Å²) in [6.45, 7) is 2.22. The molecule has 0 amide bonds. The summed E-state index contributed by atoms with van der Waals surface area (Å²) in [7, 11) is 0. The Morgan fingerprint density at radius 1 is 1.22 bits per heavy atom. The first-order valence-electron chi connectivity index (χ1n) is 6.07. The van der Waals surface area contributed by atoms with Crippen LogP contribution in [-0.4, -0.2) is 17.9 Å². The number of nitrogens with zero attached hydrogens (tertiary/aromatic N) is 2. The van der Waals surface area contributed by atoms with Gasteiger partial charge in [-0.15, -0.1) is 16.9 Å². The highest BCUT2D eigenvalue weighted by atomic mass is 32.2. The van der Waals surface area contributed by atoms with Crippen molar-refractivity contribution in [1.82, 2.24) is 0 Å². The summed E-state index contributed by atoms with van der Waals surface area (Å²) in [5, 5.41) is 7.31. The van der Waals surface area contributed by atoms with E-state index in [1.165, 1.54) is 29.9 Å². The molecule has 0 saturated carbocycles. The summed E-state index contributed by atoms with van der Waals surface area (Å²) in [6, 6.07) is 8.20. The minimum absolute atomic E-state index is 0.0330. The molecule has 0 aromatic heterocycles. The van der Waals surface area contributed by atoms with Gasteiger partial charge in [0.25, 0.3) is 0 Å². The molecule has 0 aliphatic heterocycles. The topological polar surface area (TPSA) is 76.8 Å². The number of rotatable bonds is 7. The fourth-order valence-corrected chi connectivity index (χ4v) is 2.27. The van der Waals surface area contributed by atoms with Gasteiger partial charge in [-0.2, -0.15) is 5.10 Å². The molecule has 1 aromatic rings. The third-order valence-corrected chi connectivity index (χ3v) is 3.38. The number of unbranched alkanes of at least 4 members (excludes halogenated alkanes) is 2. The molecule has 0 aliphatic carbocycles. The molecule has 0 heterocycles. The standard InChI is InChI=1S/C13H20N4S/c1-2-3-4-9-18-12-7-5-11(6-8-12)10-16-17-13(14)15/h5-8,10H,2-4,9H2,1H3,(H4,14,15,17). The molecular formula is C13H20N4S. The lowest BCUT2D eigenvalue weighted by atomic mass is 10.2. The van der Waals surface area contributed by atoms with E-state index in [9.17, 15) is 0 Å². The lowest BCUT2D eigenvalue weighted by molar-refractivity contribution is 0.778. The highest BCUT2D eigenvalue weighted by Gasteiger charge is 1.94. The number of thioether (sulfide) groups is 1. The quantitative estimate of drug-likeness (QED) is 0.261. The lowest BCUT2D eigenvalue weighted by Crippen LogP contribution is -2.21. The van der Waals surface area contributed by atoms with Gasteiger partial charge in [-0.05, 0) is 29.9 Å². The van der Waals surface area contributed by atoms with Crippen LogP contribution in [0, 0.1) is 0 Å². The van der Waals surface area contributed by atoms with Crippen LogP contribution in [0.15, 0.2) is 39.4 Å². The predicted molar refractivity (Wildman–Crippen MR) is 80.1 cm³/mol. The second-order valence-electron chi connectivity index (χ2n) is 3.89. The first-order valence-corrected chi connectivity index (χ1v) is 7.05. The number of nitrogens with two attached hydrogens (primary N) is 2. The van der Waals surface area contributed by atoms with Crippen molar-refractivity contribution in [3.05, 3.63) is 29.8 Å². The minimum atomic E-state index is -0.0330. The van der Waals surface area contributed by atoms with Gasteiger partial charge in [0.1, 0.15) is 0 Å². The van der Waals surface area contributed by atoms with Gasteiger partial charge in [0.05, 0.1) is 6.21 Å². The zero-order valence-electron chi connectivity index (χ0n) is 10.7. The van der Waals surface area contributed by atoms with E-state index in [0.29, 0.717) is 0 Å². The average Bonchev–Trinajstić information content (AvgIpc) is 2.36. The van der Waals surface area contributed by atoms with E-state index in [0.717, 1.165) is 5.56 Å².